The van der Waals surface area contributed by atoms with E-state index in [1.807, 2.05) is 0 Å². The smallest absolute Gasteiger partial charge is 0.243 e. The van der Waals surface area contributed by atoms with E-state index in [-0.39, 0.29) is 5.92 Å². The molecule has 13 heteroatoms. The molecule has 0 radical (unpaired) electrons. The van der Waals surface area contributed by atoms with E-state index < -0.39 is 71.9 Å². The molecule has 200 valence electrons. The van der Waals surface area contributed by atoms with Crippen molar-refractivity contribution in [2.45, 2.75) is 84.5 Å². The minimum absolute atomic E-state index is 0.312. The molecular weight excluding hydrogens is 458 g/mol. The number of amides is 6. The van der Waals surface area contributed by atoms with Crippen LogP contribution in [0.1, 0.15) is 60.3 Å². The van der Waals surface area contributed by atoms with E-state index in [1.54, 1.807) is 27.7 Å². The minimum atomic E-state index is -1.26. The Kier molecular flexibility index (Phi) is 14.2. The lowest BCUT2D eigenvalue weighted by Gasteiger charge is -2.29. The highest BCUT2D eigenvalue weighted by Gasteiger charge is 2.33. The summed E-state index contributed by atoms with van der Waals surface area (Å²) < 4.78 is 0. The summed E-state index contributed by atoms with van der Waals surface area (Å²) in [7, 11) is 0. The number of nitrogens with one attached hydrogen (secondary N) is 4. The second kappa shape index (κ2) is 15.6. The van der Waals surface area contributed by atoms with Crippen molar-refractivity contribution in [3.63, 3.8) is 0 Å². The van der Waals surface area contributed by atoms with Gasteiger partial charge in [-0.15, -0.1) is 0 Å². The largest absolute Gasteiger partial charge is 0.370 e. The van der Waals surface area contributed by atoms with Crippen molar-refractivity contribution < 1.29 is 28.8 Å². The molecule has 0 aromatic carbocycles. The fraction of sp³-hybridized carbons (Fsp3) is 0.727. The molecule has 0 aliphatic carbocycles. The number of carbonyl (C=O) groups excluding carboxylic acids is 6. The van der Waals surface area contributed by atoms with Gasteiger partial charge < -0.3 is 38.5 Å². The van der Waals surface area contributed by atoms with Crippen LogP contribution >= 0.6 is 0 Å². The minimum Gasteiger partial charge on any atom is -0.370 e. The Morgan fingerprint density at radius 3 is 1.57 bits per heavy atom. The van der Waals surface area contributed by atoms with Crippen LogP contribution in [0.3, 0.4) is 0 Å². The van der Waals surface area contributed by atoms with Gasteiger partial charge in [-0.05, 0) is 37.6 Å². The van der Waals surface area contributed by atoms with Gasteiger partial charge in [0.1, 0.15) is 24.2 Å². The standard InChI is InChI=1S/C22H41N7O6/c1-11(2)17(21(34)27-14(19(25)32)8-6-7-9-23)29-22(35)18(12(3)4)28-20(33)15(10-16(24)31)26-13(5)30/h11-12,14-15,17-18H,6-10,23H2,1-5H3,(H2,24,31)(H2,25,32)(H,26,30)(H,27,34)(H,28,33)(H,29,35)/t14-,15-,17-,18-/m1/s1. The molecule has 0 aliphatic heterocycles. The van der Waals surface area contributed by atoms with E-state index in [2.05, 4.69) is 21.3 Å². The molecule has 6 amide bonds. The Hall–Kier alpha value is -3.22. The lowest BCUT2D eigenvalue weighted by atomic mass is 9.98. The fourth-order valence-electron chi connectivity index (χ4n) is 3.26. The predicted octanol–water partition coefficient (Wildman–Crippen LogP) is -2.25. The van der Waals surface area contributed by atoms with Crippen molar-refractivity contribution in [2.75, 3.05) is 6.54 Å². The van der Waals surface area contributed by atoms with E-state index in [0.29, 0.717) is 25.8 Å². The summed E-state index contributed by atoms with van der Waals surface area (Å²) in [6.07, 6.45) is 1.11. The third kappa shape index (κ3) is 12.2. The number of primary amides is 2. The average molecular weight is 500 g/mol. The summed E-state index contributed by atoms with van der Waals surface area (Å²) in [5, 5.41) is 10.0. The number of unbranched alkanes of at least 4 members (excludes halogenated alkanes) is 1. The summed E-state index contributed by atoms with van der Waals surface area (Å²) in [5.74, 6) is -4.84. The molecule has 0 saturated heterocycles. The molecule has 0 spiro atoms. The Balaban J connectivity index is 5.50. The van der Waals surface area contributed by atoms with E-state index in [9.17, 15) is 28.8 Å². The van der Waals surface area contributed by atoms with Crippen molar-refractivity contribution in [1.29, 1.82) is 0 Å². The van der Waals surface area contributed by atoms with Gasteiger partial charge in [-0.2, -0.15) is 0 Å². The number of carbonyl (C=O) groups is 6. The normalized spacial score (nSPS) is 14.4. The van der Waals surface area contributed by atoms with Crippen molar-refractivity contribution >= 4 is 35.4 Å². The third-order valence-corrected chi connectivity index (χ3v) is 5.20. The summed E-state index contributed by atoms with van der Waals surface area (Å²) in [6, 6.07) is -4.28. The average Bonchev–Trinajstić information content (AvgIpc) is 2.72. The van der Waals surface area contributed by atoms with Gasteiger partial charge in [-0.25, -0.2) is 0 Å². The van der Waals surface area contributed by atoms with Crippen molar-refractivity contribution in [3.8, 4) is 0 Å². The van der Waals surface area contributed by atoms with Gasteiger partial charge in [0.05, 0.1) is 6.42 Å². The van der Waals surface area contributed by atoms with Crippen LogP contribution in [0.15, 0.2) is 0 Å². The second-order valence-corrected chi connectivity index (χ2v) is 9.13. The van der Waals surface area contributed by atoms with Crippen LogP contribution in [0.5, 0.6) is 0 Å². The Bertz CT molecular complexity index is 755. The van der Waals surface area contributed by atoms with E-state index in [0.717, 1.165) is 0 Å². The topological polar surface area (TPSA) is 229 Å². The van der Waals surface area contributed by atoms with Crippen molar-refractivity contribution in [1.82, 2.24) is 21.3 Å². The molecule has 13 nitrogen and oxygen atoms in total. The lowest BCUT2D eigenvalue weighted by molar-refractivity contribution is -0.136. The molecule has 35 heavy (non-hydrogen) atoms. The summed E-state index contributed by atoms with van der Waals surface area (Å²) in [4.78, 5) is 73.1. The van der Waals surface area contributed by atoms with Gasteiger partial charge in [-0.1, -0.05) is 27.7 Å². The molecule has 0 bridgehead atoms. The molecule has 0 unspecified atom stereocenters. The van der Waals surface area contributed by atoms with Gasteiger partial charge in [0, 0.05) is 6.92 Å². The van der Waals surface area contributed by atoms with Gasteiger partial charge >= 0.3 is 0 Å². The first-order valence-corrected chi connectivity index (χ1v) is 11.7. The van der Waals surface area contributed by atoms with Crippen molar-refractivity contribution in [3.05, 3.63) is 0 Å². The Labute approximate surface area is 206 Å². The highest BCUT2D eigenvalue weighted by molar-refractivity contribution is 5.96. The second-order valence-electron chi connectivity index (χ2n) is 9.13. The maximum absolute atomic E-state index is 13.0. The third-order valence-electron chi connectivity index (χ3n) is 5.20. The number of rotatable bonds is 16. The summed E-state index contributed by atoms with van der Waals surface area (Å²) >= 11 is 0. The molecule has 4 atom stereocenters. The quantitative estimate of drug-likeness (QED) is 0.115. The number of hydrogen-bond donors (Lipinski definition) is 7. The SMILES string of the molecule is CC(=O)N[C@H](CC(N)=O)C(=O)N[C@@H](C(=O)N[C@@H](C(=O)N[C@H](CCCCN)C(N)=O)C(C)C)C(C)C. The Morgan fingerprint density at radius 2 is 1.17 bits per heavy atom. The van der Waals surface area contributed by atoms with Crippen LogP contribution in [0.4, 0.5) is 0 Å². The van der Waals surface area contributed by atoms with Gasteiger partial charge in [0.2, 0.25) is 35.4 Å². The van der Waals surface area contributed by atoms with Crippen LogP contribution in [-0.4, -0.2) is 66.2 Å². The maximum Gasteiger partial charge on any atom is 0.243 e. The summed E-state index contributed by atoms with van der Waals surface area (Å²) in [5.41, 5.74) is 16.0. The molecule has 0 aliphatic rings. The molecule has 0 heterocycles. The van der Waals surface area contributed by atoms with E-state index >= 15 is 0 Å². The van der Waals surface area contributed by atoms with E-state index in [4.69, 9.17) is 17.2 Å². The zero-order valence-corrected chi connectivity index (χ0v) is 21.2. The first kappa shape index (κ1) is 31.8. The van der Waals surface area contributed by atoms with Crippen LogP contribution in [0.2, 0.25) is 0 Å². The first-order chi connectivity index (χ1) is 16.2. The highest BCUT2D eigenvalue weighted by Crippen LogP contribution is 2.09. The molecule has 10 N–H and O–H groups in total. The predicted molar refractivity (Wildman–Crippen MR) is 129 cm³/mol. The number of hydrogen-bond acceptors (Lipinski definition) is 7. The maximum atomic E-state index is 13.0. The molecule has 0 aromatic rings. The molecule has 0 rings (SSSR count). The first-order valence-electron chi connectivity index (χ1n) is 11.7. The zero-order valence-electron chi connectivity index (χ0n) is 21.2. The van der Waals surface area contributed by atoms with Gasteiger partial charge in [-0.3, -0.25) is 28.8 Å². The Morgan fingerprint density at radius 1 is 0.686 bits per heavy atom. The van der Waals surface area contributed by atoms with Crippen LogP contribution in [0.25, 0.3) is 0 Å². The molecule has 0 saturated carbocycles. The van der Waals surface area contributed by atoms with Gasteiger partial charge in [0.25, 0.3) is 0 Å². The van der Waals surface area contributed by atoms with Crippen molar-refractivity contribution in [2.24, 2.45) is 29.0 Å². The zero-order chi connectivity index (χ0) is 27.3. The van der Waals surface area contributed by atoms with Crippen LogP contribution in [-0.2, 0) is 28.8 Å². The van der Waals surface area contributed by atoms with Crippen LogP contribution < -0.4 is 38.5 Å². The molecular formula is C22H41N7O6. The fourth-order valence-corrected chi connectivity index (χ4v) is 3.26. The molecule has 0 fully saturated rings. The highest BCUT2D eigenvalue weighted by atomic mass is 16.2. The van der Waals surface area contributed by atoms with Gasteiger partial charge in [0.15, 0.2) is 0 Å². The lowest BCUT2D eigenvalue weighted by Crippen LogP contribution is -2.60. The van der Waals surface area contributed by atoms with Crippen LogP contribution in [0, 0.1) is 11.8 Å². The van der Waals surface area contributed by atoms with E-state index in [1.165, 1.54) is 6.92 Å². The molecule has 0 aromatic heterocycles. The summed E-state index contributed by atoms with van der Waals surface area (Å²) in [6.45, 7) is 8.39. The monoisotopic (exact) mass is 499 g/mol. The number of nitrogens with two attached hydrogens (primary N) is 3.